The molecule has 4 N–H and O–H groups in total. The zero-order valence-electron chi connectivity index (χ0n) is 12.2. The van der Waals surface area contributed by atoms with Gasteiger partial charge in [-0.2, -0.15) is 0 Å². The summed E-state index contributed by atoms with van der Waals surface area (Å²) in [6, 6.07) is 7.88. The molecule has 5 heteroatoms. The number of anilines is 1. The van der Waals surface area contributed by atoms with Gasteiger partial charge in [-0.3, -0.25) is 0 Å². The summed E-state index contributed by atoms with van der Waals surface area (Å²) >= 11 is 1.70. The number of aliphatic hydroxyl groups excluding tert-OH is 1. The van der Waals surface area contributed by atoms with Gasteiger partial charge in [0.15, 0.2) is 0 Å². The number of benzene rings is 1. The van der Waals surface area contributed by atoms with E-state index >= 15 is 0 Å². The van der Waals surface area contributed by atoms with Crippen LogP contribution in [0.15, 0.2) is 24.3 Å². The fraction of sp³-hybridized carbons (Fsp3) is 0.600. The number of unbranched alkanes of at least 4 members (excludes halogenated alkanes) is 2. The van der Waals surface area contributed by atoms with Crippen LogP contribution >= 0.6 is 11.9 Å². The van der Waals surface area contributed by atoms with Gasteiger partial charge in [0.1, 0.15) is 0 Å². The Morgan fingerprint density at radius 2 is 2.20 bits per heavy atom. The summed E-state index contributed by atoms with van der Waals surface area (Å²) in [6.07, 6.45) is 3.61. The normalized spacial score (nSPS) is 12.3. The Balaban J connectivity index is 2.25. The minimum absolute atomic E-state index is 0.471. The fourth-order valence-electron chi connectivity index (χ4n) is 1.87. The highest BCUT2D eigenvalue weighted by atomic mass is 32.2. The standard InChI is InChI=1S/C15H26N2O2S/c1-19-10-3-2-4-11-20-17-14-7-5-6-13(12-14)15(18)8-9-16/h5-7,12,15,17-18H,2-4,8-11,16H2,1H3. The monoisotopic (exact) mass is 298 g/mol. The van der Waals surface area contributed by atoms with Gasteiger partial charge < -0.3 is 20.3 Å². The number of nitrogens with one attached hydrogen (secondary N) is 1. The lowest BCUT2D eigenvalue weighted by molar-refractivity contribution is 0.170. The van der Waals surface area contributed by atoms with E-state index < -0.39 is 6.10 Å². The third-order valence-corrected chi connectivity index (χ3v) is 3.87. The predicted octanol–water partition coefficient (Wildman–Crippen LogP) is 2.95. The van der Waals surface area contributed by atoms with Crippen molar-refractivity contribution in [2.24, 2.45) is 5.73 Å². The molecule has 1 aromatic carbocycles. The zero-order valence-corrected chi connectivity index (χ0v) is 13.0. The van der Waals surface area contributed by atoms with Crippen molar-refractivity contribution >= 4 is 17.6 Å². The second kappa shape index (κ2) is 11.0. The summed E-state index contributed by atoms with van der Waals surface area (Å²) in [7, 11) is 1.74. The van der Waals surface area contributed by atoms with Gasteiger partial charge in [0.25, 0.3) is 0 Å². The van der Waals surface area contributed by atoms with Gasteiger partial charge in [-0.05, 0) is 43.5 Å². The number of methoxy groups -OCH3 is 1. The van der Waals surface area contributed by atoms with Crippen LogP contribution < -0.4 is 10.5 Å². The first-order valence-corrected chi connectivity index (χ1v) is 8.11. The van der Waals surface area contributed by atoms with Crippen LogP contribution in [0, 0.1) is 0 Å². The van der Waals surface area contributed by atoms with Gasteiger partial charge in [0, 0.05) is 25.2 Å². The van der Waals surface area contributed by atoms with Crippen molar-refractivity contribution in [3.05, 3.63) is 29.8 Å². The molecule has 0 bridgehead atoms. The molecule has 0 saturated heterocycles. The molecule has 0 heterocycles. The summed E-state index contributed by atoms with van der Waals surface area (Å²) in [5.41, 5.74) is 7.41. The van der Waals surface area contributed by atoms with Crippen LogP contribution in [-0.4, -0.2) is 31.1 Å². The van der Waals surface area contributed by atoms with Crippen LogP contribution in [-0.2, 0) is 4.74 Å². The van der Waals surface area contributed by atoms with Crippen molar-refractivity contribution in [3.63, 3.8) is 0 Å². The number of rotatable bonds is 11. The maximum Gasteiger partial charge on any atom is 0.0802 e. The third-order valence-electron chi connectivity index (χ3n) is 3.00. The van der Waals surface area contributed by atoms with E-state index in [-0.39, 0.29) is 0 Å². The van der Waals surface area contributed by atoms with E-state index in [2.05, 4.69) is 4.72 Å². The van der Waals surface area contributed by atoms with Gasteiger partial charge >= 0.3 is 0 Å². The molecular weight excluding hydrogens is 272 g/mol. The van der Waals surface area contributed by atoms with Gasteiger partial charge in [-0.25, -0.2) is 0 Å². The van der Waals surface area contributed by atoms with Gasteiger partial charge in [0.05, 0.1) is 6.10 Å². The summed E-state index contributed by atoms with van der Waals surface area (Å²) in [5, 5.41) is 9.91. The Kier molecular flexibility index (Phi) is 9.49. The lowest BCUT2D eigenvalue weighted by Crippen LogP contribution is -2.06. The minimum atomic E-state index is -0.471. The summed E-state index contributed by atoms with van der Waals surface area (Å²) < 4.78 is 8.33. The number of ether oxygens (including phenoxy) is 1. The first kappa shape index (κ1) is 17.3. The molecule has 20 heavy (non-hydrogen) atoms. The fourth-order valence-corrected chi connectivity index (χ4v) is 2.61. The van der Waals surface area contributed by atoms with Crippen molar-refractivity contribution in [3.8, 4) is 0 Å². The molecule has 0 aromatic heterocycles. The molecule has 0 spiro atoms. The van der Waals surface area contributed by atoms with Crippen molar-refractivity contribution in [2.75, 3.05) is 30.7 Å². The number of nitrogens with two attached hydrogens (primary N) is 1. The van der Waals surface area contributed by atoms with Crippen LogP contribution in [0.5, 0.6) is 0 Å². The summed E-state index contributed by atoms with van der Waals surface area (Å²) in [6.45, 7) is 1.34. The Bertz CT molecular complexity index is 363. The first-order valence-electron chi connectivity index (χ1n) is 7.12. The predicted molar refractivity (Wildman–Crippen MR) is 86.9 cm³/mol. The molecule has 114 valence electrons. The highest BCUT2D eigenvalue weighted by molar-refractivity contribution is 8.00. The highest BCUT2D eigenvalue weighted by Crippen LogP contribution is 2.21. The maximum atomic E-state index is 9.91. The van der Waals surface area contributed by atoms with Crippen LogP contribution in [0.1, 0.15) is 37.4 Å². The average Bonchev–Trinajstić information content (AvgIpc) is 2.47. The quantitative estimate of drug-likeness (QED) is 0.433. The van der Waals surface area contributed by atoms with Crippen LogP contribution in [0.4, 0.5) is 5.69 Å². The average molecular weight is 298 g/mol. The molecule has 1 atom stereocenters. The van der Waals surface area contributed by atoms with Gasteiger partial charge in [-0.1, -0.05) is 30.5 Å². The Morgan fingerprint density at radius 1 is 1.35 bits per heavy atom. The molecule has 0 radical (unpaired) electrons. The van der Waals surface area contributed by atoms with E-state index in [4.69, 9.17) is 10.5 Å². The lowest BCUT2D eigenvalue weighted by atomic mass is 10.1. The topological polar surface area (TPSA) is 67.5 Å². The van der Waals surface area contributed by atoms with Crippen LogP contribution in [0.3, 0.4) is 0 Å². The van der Waals surface area contributed by atoms with E-state index in [0.717, 1.165) is 30.0 Å². The second-order valence-corrected chi connectivity index (χ2v) is 5.62. The Labute approximate surface area is 126 Å². The smallest absolute Gasteiger partial charge is 0.0802 e. The zero-order chi connectivity index (χ0) is 14.6. The van der Waals surface area contributed by atoms with Crippen molar-refractivity contribution in [1.82, 2.24) is 0 Å². The van der Waals surface area contributed by atoms with Gasteiger partial charge in [0.2, 0.25) is 0 Å². The van der Waals surface area contributed by atoms with Crippen molar-refractivity contribution in [1.29, 1.82) is 0 Å². The van der Waals surface area contributed by atoms with Crippen LogP contribution in [0.2, 0.25) is 0 Å². The molecule has 0 amide bonds. The lowest BCUT2D eigenvalue weighted by Gasteiger charge is -2.12. The summed E-state index contributed by atoms with van der Waals surface area (Å²) in [5.74, 6) is 1.07. The molecule has 1 aromatic rings. The summed E-state index contributed by atoms with van der Waals surface area (Å²) in [4.78, 5) is 0. The third kappa shape index (κ3) is 7.14. The van der Waals surface area contributed by atoms with Crippen molar-refractivity contribution in [2.45, 2.75) is 31.8 Å². The Hall–Kier alpha value is -0.750. The molecule has 0 saturated carbocycles. The molecular formula is C15H26N2O2S. The molecule has 0 aliphatic rings. The first-order chi connectivity index (χ1) is 9.77. The van der Waals surface area contributed by atoms with E-state index in [1.165, 1.54) is 12.8 Å². The van der Waals surface area contributed by atoms with Gasteiger partial charge in [-0.15, -0.1) is 0 Å². The van der Waals surface area contributed by atoms with E-state index in [1.54, 1.807) is 19.1 Å². The molecule has 0 aliphatic carbocycles. The number of hydrogen-bond donors (Lipinski definition) is 3. The SMILES string of the molecule is COCCCCCSNc1cccc(C(O)CCN)c1. The molecule has 1 unspecified atom stereocenters. The Morgan fingerprint density at radius 3 is 2.95 bits per heavy atom. The van der Waals surface area contributed by atoms with E-state index in [1.807, 2.05) is 24.3 Å². The highest BCUT2D eigenvalue weighted by Gasteiger charge is 2.06. The van der Waals surface area contributed by atoms with Crippen molar-refractivity contribution < 1.29 is 9.84 Å². The van der Waals surface area contributed by atoms with E-state index in [9.17, 15) is 5.11 Å². The molecule has 0 aliphatic heterocycles. The number of hydrogen-bond acceptors (Lipinski definition) is 5. The maximum absolute atomic E-state index is 9.91. The second-order valence-electron chi connectivity index (χ2n) is 4.72. The van der Waals surface area contributed by atoms with E-state index in [0.29, 0.717) is 13.0 Å². The minimum Gasteiger partial charge on any atom is -0.388 e. The molecule has 4 nitrogen and oxygen atoms in total. The largest absolute Gasteiger partial charge is 0.388 e. The molecule has 0 fully saturated rings. The number of aliphatic hydroxyl groups is 1. The van der Waals surface area contributed by atoms with Crippen LogP contribution in [0.25, 0.3) is 0 Å². The molecule has 1 rings (SSSR count).